The van der Waals surface area contributed by atoms with Crippen molar-refractivity contribution in [3.63, 3.8) is 0 Å². The number of carbonyl (C=O) groups excluding carboxylic acids is 1. The molecule has 2 amide bonds. The van der Waals surface area contributed by atoms with Crippen molar-refractivity contribution in [1.82, 2.24) is 9.88 Å². The van der Waals surface area contributed by atoms with Gasteiger partial charge in [-0.05, 0) is 31.7 Å². The highest BCUT2D eigenvalue weighted by Gasteiger charge is 2.28. The van der Waals surface area contributed by atoms with Crippen LogP contribution in [0.2, 0.25) is 0 Å². The molecule has 2 N–H and O–H groups in total. The van der Waals surface area contributed by atoms with E-state index in [0.29, 0.717) is 11.6 Å². The molecule has 2 rings (SSSR count). The van der Waals surface area contributed by atoms with Crippen molar-refractivity contribution < 1.29 is 14.7 Å². The first-order valence-corrected chi connectivity index (χ1v) is 6.75. The lowest BCUT2D eigenvalue weighted by atomic mass is 9.92. The first kappa shape index (κ1) is 14.3. The lowest BCUT2D eigenvalue weighted by Gasteiger charge is -2.37. The second kappa shape index (κ2) is 5.90. The Labute approximate surface area is 117 Å². The molecule has 1 aliphatic heterocycles. The predicted octanol–water partition coefficient (Wildman–Crippen LogP) is 2.43. The highest BCUT2D eigenvalue weighted by atomic mass is 16.4. The van der Waals surface area contributed by atoms with Crippen molar-refractivity contribution >= 4 is 17.7 Å². The molecule has 1 aromatic heterocycles. The van der Waals surface area contributed by atoms with E-state index in [9.17, 15) is 9.59 Å². The van der Waals surface area contributed by atoms with Crippen molar-refractivity contribution in [1.29, 1.82) is 0 Å². The van der Waals surface area contributed by atoms with E-state index in [1.165, 1.54) is 18.5 Å². The molecule has 1 saturated heterocycles. The van der Waals surface area contributed by atoms with Crippen LogP contribution in [0.3, 0.4) is 0 Å². The first-order chi connectivity index (χ1) is 9.49. The minimum atomic E-state index is -1.06. The number of aromatic nitrogens is 1. The van der Waals surface area contributed by atoms with Crippen LogP contribution < -0.4 is 5.32 Å². The molecule has 6 nitrogen and oxygen atoms in total. The van der Waals surface area contributed by atoms with Gasteiger partial charge in [-0.25, -0.2) is 9.59 Å². The van der Waals surface area contributed by atoms with Crippen molar-refractivity contribution in [2.24, 2.45) is 5.92 Å². The summed E-state index contributed by atoms with van der Waals surface area (Å²) in [5, 5.41) is 11.6. The van der Waals surface area contributed by atoms with Gasteiger partial charge in [0.15, 0.2) is 0 Å². The van der Waals surface area contributed by atoms with Crippen LogP contribution in [0.1, 0.15) is 37.0 Å². The summed E-state index contributed by atoms with van der Waals surface area (Å²) < 4.78 is 0. The number of nitrogens with zero attached hydrogens (tertiary/aromatic N) is 2. The average Bonchev–Trinajstić information content (AvgIpc) is 2.42. The van der Waals surface area contributed by atoms with Crippen molar-refractivity contribution in [3.8, 4) is 0 Å². The summed E-state index contributed by atoms with van der Waals surface area (Å²) in [6.07, 6.45) is 4.82. The van der Waals surface area contributed by atoms with Gasteiger partial charge < -0.3 is 15.3 Å². The monoisotopic (exact) mass is 277 g/mol. The molecule has 108 valence electrons. The summed E-state index contributed by atoms with van der Waals surface area (Å²) in [7, 11) is 0. The zero-order valence-corrected chi connectivity index (χ0v) is 11.7. The molecular weight excluding hydrogens is 258 g/mol. The molecule has 0 aromatic carbocycles. The number of rotatable bonds is 2. The predicted molar refractivity (Wildman–Crippen MR) is 74.8 cm³/mol. The van der Waals surface area contributed by atoms with Crippen LogP contribution in [0.4, 0.5) is 10.5 Å². The molecule has 0 bridgehead atoms. The highest BCUT2D eigenvalue weighted by Crippen LogP contribution is 2.23. The number of nitrogens with one attached hydrogen (secondary N) is 1. The van der Waals surface area contributed by atoms with Crippen LogP contribution in [-0.4, -0.2) is 39.6 Å². The third-order valence-corrected chi connectivity index (χ3v) is 3.87. The van der Waals surface area contributed by atoms with Gasteiger partial charge in [0, 0.05) is 18.8 Å². The normalized spacial score (nSPS) is 22.4. The number of aromatic carboxylic acids is 1. The second-order valence-corrected chi connectivity index (χ2v) is 5.25. The molecule has 0 saturated carbocycles. The first-order valence-electron chi connectivity index (χ1n) is 6.75. The molecule has 1 fully saturated rings. The molecule has 1 aliphatic rings. The number of carboxylic acids is 1. The number of anilines is 1. The summed E-state index contributed by atoms with van der Waals surface area (Å²) in [4.78, 5) is 28.7. The van der Waals surface area contributed by atoms with Gasteiger partial charge in [-0.3, -0.25) is 4.98 Å². The fourth-order valence-corrected chi connectivity index (χ4v) is 2.44. The number of likely N-dealkylation sites (tertiary alicyclic amines) is 1. The Bertz CT molecular complexity index is 518. The van der Waals surface area contributed by atoms with Crippen molar-refractivity contribution in [2.75, 3.05) is 11.9 Å². The SMILES string of the molecule is CC1CCCN(C(=O)Nc2cncc(C(=O)O)c2)C1C. The van der Waals surface area contributed by atoms with E-state index in [2.05, 4.69) is 17.2 Å². The van der Waals surface area contributed by atoms with Gasteiger partial charge in [-0.15, -0.1) is 0 Å². The zero-order valence-electron chi connectivity index (χ0n) is 11.7. The summed E-state index contributed by atoms with van der Waals surface area (Å²) in [6.45, 7) is 4.90. The Morgan fingerprint density at radius 2 is 2.15 bits per heavy atom. The maximum absolute atomic E-state index is 12.2. The van der Waals surface area contributed by atoms with Gasteiger partial charge in [0.2, 0.25) is 0 Å². The third kappa shape index (κ3) is 3.07. The minimum absolute atomic E-state index is 0.0582. The van der Waals surface area contributed by atoms with Crippen LogP contribution >= 0.6 is 0 Å². The van der Waals surface area contributed by atoms with Gasteiger partial charge >= 0.3 is 12.0 Å². The topological polar surface area (TPSA) is 82.5 Å². The van der Waals surface area contributed by atoms with Gasteiger partial charge in [0.05, 0.1) is 17.4 Å². The van der Waals surface area contributed by atoms with E-state index in [1.54, 1.807) is 4.90 Å². The van der Waals surface area contributed by atoms with Crippen molar-refractivity contribution in [3.05, 3.63) is 24.0 Å². The molecule has 0 aliphatic carbocycles. The van der Waals surface area contributed by atoms with Crippen LogP contribution in [0.5, 0.6) is 0 Å². The summed E-state index contributed by atoms with van der Waals surface area (Å²) in [5.41, 5.74) is 0.461. The molecule has 6 heteroatoms. The van der Waals surface area contributed by atoms with E-state index in [4.69, 9.17) is 5.11 Å². The van der Waals surface area contributed by atoms with Crippen LogP contribution in [0.25, 0.3) is 0 Å². The smallest absolute Gasteiger partial charge is 0.337 e. The summed E-state index contributed by atoms with van der Waals surface area (Å²) >= 11 is 0. The fraction of sp³-hybridized carbons (Fsp3) is 0.500. The second-order valence-electron chi connectivity index (χ2n) is 5.25. The Morgan fingerprint density at radius 3 is 2.85 bits per heavy atom. The number of urea groups is 1. The van der Waals surface area contributed by atoms with E-state index >= 15 is 0 Å². The Kier molecular flexibility index (Phi) is 4.22. The number of hydrogen-bond acceptors (Lipinski definition) is 3. The lowest BCUT2D eigenvalue weighted by molar-refractivity contribution is 0.0696. The number of hydrogen-bond donors (Lipinski definition) is 2. The van der Waals surface area contributed by atoms with E-state index in [1.807, 2.05) is 6.92 Å². The summed E-state index contributed by atoms with van der Waals surface area (Å²) in [6, 6.07) is 1.39. The molecular formula is C14H19N3O3. The number of carbonyl (C=O) groups is 2. The molecule has 2 unspecified atom stereocenters. The van der Waals surface area contributed by atoms with Crippen molar-refractivity contribution in [2.45, 2.75) is 32.7 Å². The van der Waals surface area contributed by atoms with E-state index < -0.39 is 5.97 Å². The number of amides is 2. The largest absolute Gasteiger partial charge is 0.478 e. The van der Waals surface area contributed by atoms with Gasteiger partial charge in [0.25, 0.3) is 0 Å². The number of piperidine rings is 1. The molecule has 0 radical (unpaired) electrons. The van der Waals surface area contributed by atoms with Gasteiger partial charge in [0.1, 0.15) is 0 Å². The van der Waals surface area contributed by atoms with Gasteiger partial charge in [-0.2, -0.15) is 0 Å². The zero-order chi connectivity index (χ0) is 14.7. The lowest BCUT2D eigenvalue weighted by Crippen LogP contribution is -2.47. The molecule has 2 atom stereocenters. The number of pyridine rings is 1. The van der Waals surface area contributed by atoms with Crippen LogP contribution in [0, 0.1) is 5.92 Å². The maximum Gasteiger partial charge on any atom is 0.337 e. The van der Waals surface area contributed by atoms with E-state index in [0.717, 1.165) is 19.4 Å². The molecule has 1 aromatic rings. The minimum Gasteiger partial charge on any atom is -0.478 e. The van der Waals surface area contributed by atoms with Crippen LogP contribution in [-0.2, 0) is 0 Å². The average molecular weight is 277 g/mol. The molecule has 20 heavy (non-hydrogen) atoms. The third-order valence-electron chi connectivity index (χ3n) is 3.87. The standard InChI is InChI=1S/C14H19N3O3/c1-9-4-3-5-17(10(9)2)14(20)16-12-6-11(13(18)19)7-15-8-12/h6-10H,3-5H2,1-2H3,(H,16,20)(H,18,19). The van der Waals surface area contributed by atoms with Gasteiger partial charge in [-0.1, -0.05) is 6.92 Å². The molecule has 2 heterocycles. The maximum atomic E-state index is 12.2. The Hall–Kier alpha value is -2.11. The highest BCUT2D eigenvalue weighted by molar-refractivity contribution is 5.92. The Morgan fingerprint density at radius 1 is 1.40 bits per heavy atom. The quantitative estimate of drug-likeness (QED) is 0.869. The Balaban J connectivity index is 2.07. The molecule has 0 spiro atoms. The summed E-state index contributed by atoms with van der Waals surface area (Å²) in [5.74, 6) is -0.591. The fourth-order valence-electron chi connectivity index (χ4n) is 2.44. The van der Waals surface area contributed by atoms with Crippen LogP contribution in [0.15, 0.2) is 18.5 Å². The van der Waals surface area contributed by atoms with E-state index in [-0.39, 0.29) is 17.6 Å². The number of carboxylic acid groups (broad SMARTS) is 1.